The fourth-order valence-electron chi connectivity index (χ4n) is 1.56. The molecule has 0 heterocycles. The van der Waals surface area contributed by atoms with Crippen molar-refractivity contribution < 1.29 is 19.2 Å². The Hall–Kier alpha value is -0.0200. The Labute approximate surface area is 106 Å². The number of carbonyl (C=O) groups excluding carboxylic acids is 1. The van der Waals surface area contributed by atoms with Crippen LogP contribution in [0.2, 0.25) is 0 Å². The van der Waals surface area contributed by atoms with Crippen LogP contribution < -0.4 is 0 Å². The van der Waals surface area contributed by atoms with E-state index >= 15 is 0 Å². The maximum absolute atomic E-state index is 10.9. The summed E-state index contributed by atoms with van der Waals surface area (Å²) >= 11 is 0. The third-order valence-electron chi connectivity index (χ3n) is 2.60. The molecule has 0 spiro atoms. The molecule has 5 heteroatoms. The molecule has 0 aromatic carbocycles. The summed E-state index contributed by atoms with van der Waals surface area (Å²) in [5.74, 6) is -0.0143. The van der Waals surface area contributed by atoms with E-state index in [1.807, 2.05) is 6.92 Å². The van der Waals surface area contributed by atoms with Crippen molar-refractivity contribution >= 4 is 15.2 Å². The summed E-state index contributed by atoms with van der Waals surface area (Å²) in [5.41, 5.74) is 0. The molecule has 0 fully saturated rings. The molecule has 17 heavy (non-hydrogen) atoms. The van der Waals surface area contributed by atoms with Gasteiger partial charge in [-0.25, -0.2) is 0 Å². The molecule has 4 atom stereocenters. The summed E-state index contributed by atoms with van der Waals surface area (Å²) in [6.45, 7) is 6.20. The average molecular weight is 264 g/mol. The van der Waals surface area contributed by atoms with Gasteiger partial charge >= 0.3 is 0 Å². The second kappa shape index (κ2) is 9.95. The van der Waals surface area contributed by atoms with E-state index in [-0.39, 0.29) is 24.4 Å². The van der Waals surface area contributed by atoms with Crippen molar-refractivity contribution in [2.45, 2.75) is 64.8 Å². The number of aliphatic hydroxyl groups excluding tert-OH is 1. The largest absolute Gasteiger partial charge is 0.393 e. The molecule has 102 valence electrons. The first-order valence-corrected chi connectivity index (χ1v) is 6.63. The van der Waals surface area contributed by atoms with Crippen LogP contribution in [0, 0.1) is 0 Å². The van der Waals surface area contributed by atoms with Crippen LogP contribution in [0.25, 0.3) is 0 Å². The highest BCUT2D eigenvalue weighted by Crippen LogP contribution is 2.16. The van der Waals surface area contributed by atoms with Gasteiger partial charge in [-0.05, 0) is 20.3 Å². The van der Waals surface area contributed by atoms with Crippen molar-refractivity contribution in [3.05, 3.63) is 0 Å². The normalized spacial score (nSPS) is 16.5. The molecule has 0 aromatic rings. The van der Waals surface area contributed by atoms with E-state index in [0.29, 0.717) is 13.0 Å². The van der Waals surface area contributed by atoms with E-state index in [1.54, 1.807) is 0 Å². The maximum Gasteiger partial charge on any atom is 0.132 e. The smallest absolute Gasteiger partial charge is 0.132 e. The molecule has 0 amide bonds. The third-order valence-corrected chi connectivity index (χ3v) is 2.95. The second-order valence-electron chi connectivity index (χ2n) is 4.40. The monoisotopic (exact) mass is 264 g/mol. The number of hydrogen-bond donors (Lipinski definition) is 1. The SMILES string of the molecule is CCCCO[C@H](C)[C@@H](CC(O)CC(C)=O)OP. The van der Waals surface area contributed by atoms with Crippen LogP contribution >= 0.6 is 9.47 Å². The number of carbonyl (C=O) groups is 1. The quantitative estimate of drug-likeness (QED) is 0.485. The Bertz CT molecular complexity index is 211. The van der Waals surface area contributed by atoms with E-state index in [0.717, 1.165) is 12.8 Å². The van der Waals surface area contributed by atoms with Gasteiger partial charge in [0.05, 0.1) is 18.3 Å². The predicted molar refractivity (Wildman–Crippen MR) is 70.8 cm³/mol. The summed E-state index contributed by atoms with van der Waals surface area (Å²) in [6, 6.07) is 0. The van der Waals surface area contributed by atoms with Crippen LogP contribution in [0.15, 0.2) is 0 Å². The minimum Gasteiger partial charge on any atom is -0.393 e. The summed E-state index contributed by atoms with van der Waals surface area (Å²) in [4.78, 5) is 10.9. The number of ether oxygens (including phenoxy) is 1. The molecule has 0 aliphatic rings. The standard InChI is InChI=1S/C12H25O4P/c1-4-5-6-15-10(3)12(16-17)8-11(14)7-9(2)13/h10-12,14H,4-8,17H2,1-3H3/t10-,11?,12-/m1/s1. The van der Waals surface area contributed by atoms with Gasteiger partial charge in [0.2, 0.25) is 0 Å². The van der Waals surface area contributed by atoms with E-state index in [4.69, 9.17) is 9.26 Å². The lowest BCUT2D eigenvalue weighted by Gasteiger charge is -2.24. The Morgan fingerprint density at radius 2 is 2.12 bits per heavy atom. The highest BCUT2D eigenvalue weighted by Gasteiger charge is 2.21. The molecule has 0 aliphatic heterocycles. The summed E-state index contributed by atoms with van der Waals surface area (Å²) in [7, 11) is 2.20. The third kappa shape index (κ3) is 8.67. The molecule has 0 radical (unpaired) electrons. The minimum absolute atomic E-state index is 0.0143. The van der Waals surface area contributed by atoms with Crippen molar-refractivity contribution in [3.63, 3.8) is 0 Å². The van der Waals surface area contributed by atoms with Crippen molar-refractivity contribution in [3.8, 4) is 0 Å². The highest BCUT2D eigenvalue weighted by molar-refractivity contribution is 7.09. The van der Waals surface area contributed by atoms with Gasteiger partial charge in [0, 0.05) is 28.9 Å². The molecular weight excluding hydrogens is 239 g/mol. The molecule has 0 saturated carbocycles. The van der Waals surface area contributed by atoms with Crippen molar-refractivity contribution in [2.75, 3.05) is 6.61 Å². The summed E-state index contributed by atoms with van der Waals surface area (Å²) in [6.07, 6.45) is 1.75. The molecule has 2 unspecified atom stereocenters. The average Bonchev–Trinajstić information content (AvgIpc) is 2.25. The Morgan fingerprint density at radius 1 is 1.47 bits per heavy atom. The number of Topliss-reactive ketones (excluding diaryl/α,β-unsaturated/α-hetero) is 1. The predicted octanol–water partition coefficient (Wildman–Crippen LogP) is 2.10. The fraction of sp³-hybridized carbons (Fsp3) is 0.917. The van der Waals surface area contributed by atoms with Crippen LogP contribution in [0.4, 0.5) is 0 Å². The number of unbranched alkanes of at least 4 members (excludes halogenated alkanes) is 1. The van der Waals surface area contributed by atoms with Gasteiger partial charge in [-0.1, -0.05) is 13.3 Å². The molecule has 0 bridgehead atoms. The molecule has 4 nitrogen and oxygen atoms in total. The van der Waals surface area contributed by atoms with Gasteiger partial charge in [0.1, 0.15) is 5.78 Å². The molecular formula is C12H25O4P. The van der Waals surface area contributed by atoms with Gasteiger partial charge < -0.3 is 14.4 Å². The Balaban J connectivity index is 3.98. The lowest BCUT2D eigenvalue weighted by atomic mass is 10.0. The van der Waals surface area contributed by atoms with Crippen LogP contribution in [-0.2, 0) is 14.1 Å². The van der Waals surface area contributed by atoms with E-state index in [2.05, 4.69) is 16.4 Å². The van der Waals surface area contributed by atoms with Gasteiger partial charge in [0.15, 0.2) is 0 Å². The summed E-state index contributed by atoms with van der Waals surface area (Å²) < 4.78 is 10.8. The molecule has 0 rings (SSSR count). The van der Waals surface area contributed by atoms with Crippen molar-refractivity contribution in [2.24, 2.45) is 0 Å². The topological polar surface area (TPSA) is 55.8 Å². The maximum atomic E-state index is 10.9. The first-order chi connectivity index (χ1) is 8.01. The Morgan fingerprint density at radius 3 is 2.59 bits per heavy atom. The number of hydrogen-bond acceptors (Lipinski definition) is 4. The summed E-state index contributed by atoms with van der Waals surface area (Å²) in [5, 5.41) is 9.68. The number of ketones is 1. The molecule has 0 aliphatic carbocycles. The molecule has 0 aromatic heterocycles. The van der Waals surface area contributed by atoms with Gasteiger partial charge in [-0.2, -0.15) is 0 Å². The minimum atomic E-state index is -0.657. The van der Waals surface area contributed by atoms with Gasteiger partial charge in [-0.3, -0.25) is 4.79 Å². The zero-order valence-corrected chi connectivity index (χ0v) is 12.2. The van der Waals surface area contributed by atoms with Crippen LogP contribution in [0.3, 0.4) is 0 Å². The first kappa shape index (κ1) is 17.0. The van der Waals surface area contributed by atoms with Crippen LogP contribution in [-0.4, -0.2) is 35.8 Å². The number of rotatable bonds is 10. The zero-order valence-electron chi connectivity index (χ0n) is 11.0. The lowest BCUT2D eigenvalue weighted by molar-refractivity contribution is -0.119. The fourth-order valence-corrected chi connectivity index (χ4v) is 1.89. The van der Waals surface area contributed by atoms with Gasteiger partial charge in [-0.15, -0.1) is 0 Å². The second-order valence-corrected chi connectivity index (χ2v) is 4.67. The van der Waals surface area contributed by atoms with E-state index in [1.165, 1.54) is 6.92 Å². The van der Waals surface area contributed by atoms with Crippen molar-refractivity contribution in [1.29, 1.82) is 0 Å². The van der Waals surface area contributed by atoms with Gasteiger partial charge in [0.25, 0.3) is 0 Å². The molecule has 1 N–H and O–H groups in total. The van der Waals surface area contributed by atoms with Crippen LogP contribution in [0.1, 0.15) is 46.5 Å². The number of aliphatic hydroxyl groups is 1. The Kier molecular flexibility index (Phi) is 9.94. The highest BCUT2D eigenvalue weighted by atomic mass is 31.0. The van der Waals surface area contributed by atoms with E-state index in [9.17, 15) is 9.90 Å². The van der Waals surface area contributed by atoms with Crippen molar-refractivity contribution in [1.82, 2.24) is 0 Å². The zero-order chi connectivity index (χ0) is 13.3. The lowest BCUT2D eigenvalue weighted by Crippen LogP contribution is -2.31. The van der Waals surface area contributed by atoms with Crippen LogP contribution in [0.5, 0.6) is 0 Å². The molecule has 0 saturated heterocycles. The van der Waals surface area contributed by atoms with E-state index < -0.39 is 6.10 Å². The first-order valence-electron chi connectivity index (χ1n) is 6.15.